The summed E-state index contributed by atoms with van der Waals surface area (Å²) >= 11 is 0. The zero-order chi connectivity index (χ0) is 11.1. The van der Waals surface area contributed by atoms with Gasteiger partial charge in [0.15, 0.2) is 0 Å². The lowest BCUT2D eigenvalue weighted by molar-refractivity contribution is 0.209. The smallest absolute Gasteiger partial charge is 0.317 e. The fraction of sp³-hybridized carbons (Fsp3) is 0.364. The molecule has 0 atom stereocenters. The molecule has 1 aromatic carbocycles. The summed E-state index contributed by atoms with van der Waals surface area (Å²) in [6.07, 6.45) is 0. The molecule has 0 unspecified atom stereocenters. The highest BCUT2D eigenvalue weighted by Crippen LogP contribution is 1.97. The quantitative estimate of drug-likeness (QED) is 0.835. The summed E-state index contributed by atoms with van der Waals surface area (Å²) in [6, 6.07) is 9.71. The van der Waals surface area contributed by atoms with Crippen molar-refractivity contribution in [1.29, 1.82) is 0 Å². The Balaban J connectivity index is 0.00000225. The lowest BCUT2D eigenvalue weighted by Crippen LogP contribution is -2.39. The number of hydrogen-bond acceptors (Lipinski definition) is 2. The molecule has 0 aliphatic carbocycles. The van der Waals surface area contributed by atoms with Crippen LogP contribution in [0.25, 0.3) is 0 Å². The highest BCUT2D eigenvalue weighted by atomic mass is 35.5. The van der Waals surface area contributed by atoms with Crippen LogP contribution in [0.4, 0.5) is 4.79 Å². The van der Waals surface area contributed by atoms with Crippen LogP contribution in [-0.2, 0) is 6.54 Å². The molecule has 0 aromatic heterocycles. The van der Waals surface area contributed by atoms with Crippen molar-refractivity contribution in [3.05, 3.63) is 35.9 Å². The Morgan fingerprint density at radius 3 is 2.56 bits per heavy atom. The number of urea groups is 1. The number of benzene rings is 1. The Bertz CT molecular complexity index is 305. The van der Waals surface area contributed by atoms with E-state index in [0.29, 0.717) is 19.6 Å². The zero-order valence-electron chi connectivity index (χ0n) is 9.35. The van der Waals surface area contributed by atoms with Gasteiger partial charge in [0.05, 0.1) is 0 Å². The van der Waals surface area contributed by atoms with Gasteiger partial charge in [-0.25, -0.2) is 4.79 Å². The van der Waals surface area contributed by atoms with Crippen LogP contribution in [0.5, 0.6) is 0 Å². The highest BCUT2D eigenvalue weighted by Gasteiger charge is 2.05. The van der Waals surface area contributed by atoms with Crippen molar-refractivity contribution in [3.8, 4) is 0 Å². The van der Waals surface area contributed by atoms with Crippen LogP contribution in [0, 0.1) is 0 Å². The zero-order valence-corrected chi connectivity index (χ0v) is 10.2. The van der Waals surface area contributed by atoms with E-state index in [1.54, 1.807) is 11.9 Å². The van der Waals surface area contributed by atoms with Crippen LogP contribution in [-0.4, -0.2) is 31.1 Å². The molecule has 0 saturated carbocycles. The molecular formula is C11H18ClN3O. The van der Waals surface area contributed by atoms with E-state index in [9.17, 15) is 4.79 Å². The van der Waals surface area contributed by atoms with E-state index >= 15 is 0 Å². The number of nitrogens with two attached hydrogens (primary N) is 1. The minimum Gasteiger partial charge on any atom is -0.334 e. The van der Waals surface area contributed by atoms with E-state index in [1.807, 2.05) is 30.3 Å². The maximum atomic E-state index is 11.5. The Labute approximate surface area is 102 Å². The maximum Gasteiger partial charge on any atom is 0.317 e. The first-order valence-electron chi connectivity index (χ1n) is 4.97. The van der Waals surface area contributed by atoms with Gasteiger partial charge in [-0.05, 0) is 5.56 Å². The molecule has 4 nitrogen and oxygen atoms in total. The molecule has 5 heteroatoms. The Morgan fingerprint density at radius 1 is 1.38 bits per heavy atom. The van der Waals surface area contributed by atoms with Gasteiger partial charge in [0.1, 0.15) is 0 Å². The van der Waals surface area contributed by atoms with E-state index in [-0.39, 0.29) is 18.4 Å². The van der Waals surface area contributed by atoms with E-state index in [2.05, 4.69) is 5.32 Å². The van der Waals surface area contributed by atoms with Crippen LogP contribution < -0.4 is 11.1 Å². The molecule has 0 fully saturated rings. The number of carbonyl (C=O) groups is 1. The van der Waals surface area contributed by atoms with Crippen molar-refractivity contribution < 1.29 is 4.79 Å². The van der Waals surface area contributed by atoms with Crippen LogP contribution >= 0.6 is 12.4 Å². The first kappa shape index (κ1) is 14.7. The molecule has 0 bridgehead atoms. The van der Waals surface area contributed by atoms with E-state index < -0.39 is 0 Å². The molecule has 1 rings (SSSR count). The number of halogens is 1. The molecule has 1 aromatic rings. The van der Waals surface area contributed by atoms with Gasteiger partial charge in [-0.2, -0.15) is 0 Å². The maximum absolute atomic E-state index is 11.5. The van der Waals surface area contributed by atoms with Crippen molar-refractivity contribution in [2.45, 2.75) is 6.54 Å². The molecule has 0 aliphatic heterocycles. The van der Waals surface area contributed by atoms with Crippen molar-refractivity contribution in [1.82, 2.24) is 10.2 Å². The molecule has 0 aliphatic rings. The number of rotatable bonds is 4. The van der Waals surface area contributed by atoms with Crippen LogP contribution in [0.15, 0.2) is 30.3 Å². The third-order valence-electron chi connectivity index (χ3n) is 2.10. The molecule has 3 N–H and O–H groups in total. The topological polar surface area (TPSA) is 58.4 Å². The van der Waals surface area contributed by atoms with Gasteiger partial charge >= 0.3 is 6.03 Å². The van der Waals surface area contributed by atoms with Gasteiger partial charge in [0.2, 0.25) is 0 Å². The van der Waals surface area contributed by atoms with Gasteiger partial charge in [-0.3, -0.25) is 0 Å². The average Bonchev–Trinajstić information content (AvgIpc) is 2.27. The number of amides is 2. The van der Waals surface area contributed by atoms with E-state index in [0.717, 1.165) is 5.56 Å². The molecule has 16 heavy (non-hydrogen) atoms. The van der Waals surface area contributed by atoms with Crippen molar-refractivity contribution in [2.75, 3.05) is 20.1 Å². The second-order valence-electron chi connectivity index (χ2n) is 3.35. The second kappa shape index (κ2) is 7.96. The van der Waals surface area contributed by atoms with E-state index in [4.69, 9.17) is 5.73 Å². The normalized spacial score (nSPS) is 9.12. The average molecular weight is 244 g/mol. The summed E-state index contributed by atoms with van der Waals surface area (Å²) < 4.78 is 0. The molecule has 0 saturated heterocycles. The summed E-state index contributed by atoms with van der Waals surface area (Å²) in [6.45, 7) is 1.60. The van der Waals surface area contributed by atoms with Crippen molar-refractivity contribution >= 4 is 18.4 Å². The Morgan fingerprint density at radius 2 is 2.00 bits per heavy atom. The fourth-order valence-corrected chi connectivity index (χ4v) is 1.20. The largest absolute Gasteiger partial charge is 0.334 e. The number of carbonyl (C=O) groups excluding carboxylic acids is 1. The van der Waals surface area contributed by atoms with Crippen LogP contribution in [0.2, 0.25) is 0 Å². The van der Waals surface area contributed by atoms with Gasteiger partial charge in [0, 0.05) is 26.7 Å². The van der Waals surface area contributed by atoms with E-state index in [1.165, 1.54) is 0 Å². The Kier molecular flexibility index (Phi) is 7.33. The van der Waals surface area contributed by atoms with Crippen molar-refractivity contribution in [2.24, 2.45) is 5.73 Å². The number of likely N-dealkylation sites (N-methyl/N-ethyl adjacent to an activating group) is 1. The summed E-state index contributed by atoms with van der Waals surface area (Å²) in [4.78, 5) is 13.0. The lowest BCUT2D eigenvalue weighted by atomic mass is 10.2. The van der Waals surface area contributed by atoms with Gasteiger partial charge in [0.25, 0.3) is 0 Å². The van der Waals surface area contributed by atoms with Crippen LogP contribution in [0.1, 0.15) is 5.56 Å². The summed E-state index contributed by atoms with van der Waals surface area (Å²) in [5, 5.41) is 2.81. The third kappa shape index (κ3) is 5.00. The van der Waals surface area contributed by atoms with Gasteiger partial charge < -0.3 is 16.0 Å². The lowest BCUT2D eigenvalue weighted by Gasteiger charge is -2.16. The first-order chi connectivity index (χ1) is 7.24. The SMILES string of the molecule is CN(CCN)C(=O)NCc1ccccc1.Cl. The number of nitrogens with one attached hydrogen (secondary N) is 1. The van der Waals surface area contributed by atoms with Gasteiger partial charge in [-0.1, -0.05) is 30.3 Å². The van der Waals surface area contributed by atoms with Crippen molar-refractivity contribution in [3.63, 3.8) is 0 Å². The number of nitrogens with zero attached hydrogens (tertiary/aromatic N) is 1. The molecule has 0 heterocycles. The minimum absolute atomic E-state index is 0. The monoisotopic (exact) mass is 243 g/mol. The molecule has 0 spiro atoms. The predicted octanol–water partition coefficient (Wildman–Crippen LogP) is 1.21. The molecule has 90 valence electrons. The van der Waals surface area contributed by atoms with Gasteiger partial charge in [-0.15, -0.1) is 12.4 Å². The summed E-state index contributed by atoms with van der Waals surface area (Å²) in [7, 11) is 1.73. The standard InChI is InChI=1S/C11H17N3O.ClH/c1-14(8-7-12)11(15)13-9-10-5-3-2-4-6-10;/h2-6H,7-9,12H2,1H3,(H,13,15);1H. The minimum atomic E-state index is -0.0932. The second-order valence-corrected chi connectivity index (χ2v) is 3.35. The Hall–Kier alpha value is -1.26. The third-order valence-corrected chi connectivity index (χ3v) is 2.10. The first-order valence-corrected chi connectivity index (χ1v) is 4.97. The molecule has 0 radical (unpaired) electrons. The summed E-state index contributed by atoms with van der Waals surface area (Å²) in [5.41, 5.74) is 6.44. The molecule has 2 amide bonds. The fourth-order valence-electron chi connectivity index (χ4n) is 1.20. The summed E-state index contributed by atoms with van der Waals surface area (Å²) in [5.74, 6) is 0. The number of hydrogen-bond donors (Lipinski definition) is 2. The highest BCUT2D eigenvalue weighted by molar-refractivity contribution is 5.85. The molecular weight excluding hydrogens is 226 g/mol. The van der Waals surface area contributed by atoms with Crippen LogP contribution in [0.3, 0.4) is 0 Å². The predicted molar refractivity (Wildman–Crippen MR) is 67.6 cm³/mol.